The zero-order valence-electron chi connectivity index (χ0n) is 16.4. The molecule has 152 valence electrons. The van der Waals surface area contributed by atoms with E-state index in [-0.39, 0.29) is 30.6 Å². The van der Waals surface area contributed by atoms with E-state index in [0.29, 0.717) is 24.3 Å². The van der Waals surface area contributed by atoms with E-state index in [1.54, 1.807) is 24.3 Å². The Morgan fingerprint density at radius 1 is 1.07 bits per heavy atom. The molecule has 0 fully saturated rings. The molecular weight excluding hydrogens is 380 g/mol. The molecule has 0 bridgehead atoms. The summed E-state index contributed by atoms with van der Waals surface area (Å²) < 4.78 is 0. The van der Waals surface area contributed by atoms with Crippen molar-refractivity contribution in [3.05, 3.63) is 65.4 Å². The largest absolute Gasteiger partial charge is 0.358 e. The summed E-state index contributed by atoms with van der Waals surface area (Å²) in [6.45, 7) is 1.21. The van der Waals surface area contributed by atoms with E-state index in [1.807, 2.05) is 23.1 Å². The molecular formula is C23H22N4O3. The summed E-state index contributed by atoms with van der Waals surface area (Å²) >= 11 is 0. The number of hydrogen-bond donors (Lipinski definition) is 3. The number of aromatic amines is 1. The molecule has 3 aromatic rings. The summed E-state index contributed by atoms with van der Waals surface area (Å²) in [5.74, 6) is -0.601. The van der Waals surface area contributed by atoms with Crippen molar-refractivity contribution in [2.45, 2.75) is 31.8 Å². The summed E-state index contributed by atoms with van der Waals surface area (Å²) in [5, 5.41) is 6.69. The highest BCUT2D eigenvalue weighted by Crippen LogP contribution is 2.28. The molecule has 3 amide bonds. The number of fused-ring (bicyclic) bond motifs is 4. The topological polar surface area (TPSA) is 94.3 Å². The maximum atomic E-state index is 12.9. The van der Waals surface area contributed by atoms with E-state index >= 15 is 0 Å². The lowest BCUT2D eigenvalue weighted by Gasteiger charge is -2.28. The number of anilines is 1. The quantitative estimate of drug-likeness (QED) is 0.629. The van der Waals surface area contributed by atoms with E-state index < -0.39 is 6.04 Å². The fourth-order valence-electron chi connectivity index (χ4n) is 4.32. The molecule has 2 aromatic carbocycles. The van der Waals surface area contributed by atoms with Gasteiger partial charge in [0.05, 0.1) is 11.3 Å². The Hall–Kier alpha value is -3.61. The molecule has 0 saturated heterocycles. The summed E-state index contributed by atoms with van der Waals surface area (Å²) in [6.07, 6.45) is 1.25. The van der Waals surface area contributed by atoms with Gasteiger partial charge >= 0.3 is 0 Å². The van der Waals surface area contributed by atoms with Crippen LogP contribution in [0.1, 0.15) is 34.5 Å². The maximum absolute atomic E-state index is 12.9. The first-order valence-electron chi connectivity index (χ1n) is 10.2. The van der Waals surface area contributed by atoms with E-state index in [0.717, 1.165) is 17.3 Å². The molecule has 1 aromatic heterocycles. The maximum Gasteiger partial charge on any atom is 0.254 e. The van der Waals surface area contributed by atoms with Crippen molar-refractivity contribution in [2.75, 3.05) is 11.9 Å². The molecule has 5 rings (SSSR count). The van der Waals surface area contributed by atoms with Crippen LogP contribution in [0.5, 0.6) is 0 Å². The van der Waals surface area contributed by atoms with Crippen LogP contribution < -0.4 is 10.6 Å². The minimum atomic E-state index is -0.734. The third kappa shape index (κ3) is 3.22. The molecule has 0 saturated carbocycles. The van der Waals surface area contributed by atoms with Gasteiger partial charge in [0.25, 0.3) is 5.91 Å². The second-order valence-electron chi connectivity index (χ2n) is 7.79. The monoisotopic (exact) mass is 402 g/mol. The van der Waals surface area contributed by atoms with Gasteiger partial charge in [-0.3, -0.25) is 14.4 Å². The summed E-state index contributed by atoms with van der Waals surface area (Å²) in [5.41, 5.74) is 4.38. The van der Waals surface area contributed by atoms with Gasteiger partial charge in [-0.2, -0.15) is 0 Å². The number of hydrogen-bond acceptors (Lipinski definition) is 3. The third-order valence-electron chi connectivity index (χ3n) is 5.93. The molecule has 30 heavy (non-hydrogen) atoms. The summed E-state index contributed by atoms with van der Waals surface area (Å²) in [7, 11) is 0. The van der Waals surface area contributed by atoms with Gasteiger partial charge in [-0.15, -0.1) is 0 Å². The van der Waals surface area contributed by atoms with Crippen LogP contribution >= 0.6 is 0 Å². The van der Waals surface area contributed by atoms with E-state index in [1.165, 1.54) is 11.3 Å². The van der Waals surface area contributed by atoms with Crippen LogP contribution in [-0.2, 0) is 22.6 Å². The molecule has 0 radical (unpaired) electrons. The van der Waals surface area contributed by atoms with Gasteiger partial charge in [-0.25, -0.2) is 0 Å². The van der Waals surface area contributed by atoms with Crippen LogP contribution in [0.4, 0.5) is 5.69 Å². The molecule has 3 N–H and O–H groups in total. The molecule has 0 spiro atoms. The van der Waals surface area contributed by atoms with E-state index in [4.69, 9.17) is 0 Å². The van der Waals surface area contributed by atoms with Gasteiger partial charge < -0.3 is 20.5 Å². The van der Waals surface area contributed by atoms with Crippen molar-refractivity contribution in [3.8, 4) is 0 Å². The summed E-state index contributed by atoms with van der Waals surface area (Å²) in [4.78, 5) is 43.1. The highest BCUT2D eigenvalue weighted by atomic mass is 16.2. The van der Waals surface area contributed by atoms with Crippen LogP contribution in [0.3, 0.4) is 0 Å². The number of para-hydroxylation sites is 2. The first-order valence-corrected chi connectivity index (χ1v) is 10.2. The van der Waals surface area contributed by atoms with E-state index in [2.05, 4.69) is 21.7 Å². The van der Waals surface area contributed by atoms with Gasteiger partial charge in [-0.05, 0) is 24.6 Å². The fraction of sp³-hybridized carbons (Fsp3) is 0.261. The number of carbonyl (C=O) groups excluding carboxylic acids is 3. The minimum Gasteiger partial charge on any atom is -0.358 e. The zero-order valence-corrected chi connectivity index (χ0v) is 16.4. The molecule has 7 nitrogen and oxygen atoms in total. The molecule has 2 aliphatic heterocycles. The van der Waals surface area contributed by atoms with Gasteiger partial charge in [-0.1, -0.05) is 30.3 Å². The number of rotatable bonds is 3. The molecule has 0 aliphatic carbocycles. The van der Waals surface area contributed by atoms with Crippen LogP contribution in [-0.4, -0.2) is 40.2 Å². The molecule has 3 heterocycles. The summed E-state index contributed by atoms with van der Waals surface area (Å²) in [6, 6.07) is 14.3. The van der Waals surface area contributed by atoms with Crippen molar-refractivity contribution in [1.82, 2.24) is 15.2 Å². The molecule has 0 unspecified atom stereocenters. The second kappa shape index (κ2) is 7.33. The normalized spacial score (nSPS) is 18.3. The van der Waals surface area contributed by atoms with Crippen LogP contribution in [0.25, 0.3) is 10.9 Å². The third-order valence-corrected chi connectivity index (χ3v) is 5.93. The van der Waals surface area contributed by atoms with Crippen LogP contribution in [0.15, 0.2) is 48.5 Å². The Balaban J connectivity index is 1.25. The standard InChI is InChI=1S/C23H22N4O3/c28-21(27-12-11-19-16(13-27)14-5-1-3-7-17(14)24-19)10-9-20-23(30)25-18-8-4-2-6-15(18)22(29)26-20/h1-8,20,24H,9-13H2,(H,25,30)(H,26,29)/t20-/m1/s1. The van der Waals surface area contributed by atoms with Crippen LogP contribution in [0, 0.1) is 0 Å². The predicted octanol–water partition coefficient (Wildman–Crippen LogP) is 2.58. The minimum absolute atomic E-state index is 0.00487. The van der Waals surface area contributed by atoms with Gasteiger partial charge in [0, 0.05) is 48.1 Å². The highest BCUT2D eigenvalue weighted by Gasteiger charge is 2.29. The van der Waals surface area contributed by atoms with Crippen molar-refractivity contribution in [3.63, 3.8) is 0 Å². The lowest BCUT2D eigenvalue weighted by molar-refractivity contribution is -0.132. The van der Waals surface area contributed by atoms with Crippen molar-refractivity contribution in [1.29, 1.82) is 0 Å². The van der Waals surface area contributed by atoms with Gasteiger partial charge in [0.1, 0.15) is 6.04 Å². The Labute approximate surface area is 173 Å². The van der Waals surface area contributed by atoms with Crippen molar-refractivity contribution >= 4 is 34.3 Å². The lowest BCUT2D eigenvalue weighted by atomic mass is 10.0. The average Bonchev–Trinajstić information content (AvgIpc) is 3.08. The van der Waals surface area contributed by atoms with Crippen molar-refractivity contribution < 1.29 is 14.4 Å². The number of nitrogens with zero attached hydrogens (tertiary/aromatic N) is 1. The number of H-pyrrole nitrogens is 1. The first-order chi connectivity index (χ1) is 14.6. The highest BCUT2D eigenvalue weighted by molar-refractivity contribution is 6.09. The zero-order chi connectivity index (χ0) is 20.7. The van der Waals surface area contributed by atoms with Gasteiger partial charge in [0.15, 0.2) is 0 Å². The molecule has 1 atom stereocenters. The second-order valence-corrected chi connectivity index (χ2v) is 7.79. The number of amides is 3. The lowest BCUT2D eigenvalue weighted by Crippen LogP contribution is -2.42. The molecule has 2 aliphatic rings. The number of benzene rings is 2. The predicted molar refractivity (Wildman–Crippen MR) is 113 cm³/mol. The smallest absolute Gasteiger partial charge is 0.254 e. The molecule has 7 heteroatoms. The average molecular weight is 402 g/mol. The Morgan fingerprint density at radius 3 is 2.77 bits per heavy atom. The number of carbonyl (C=O) groups is 3. The van der Waals surface area contributed by atoms with E-state index in [9.17, 15) is 14.4 Å². The SMILES string of the molecule is O=C1N[C@H](CCC(=O)N2CCc3[nH]c4ccccc4c3C2)C(=O)Nc2ccccc21. The Kier molecular flexibility index (Phi) is 4.50. The first kappa shape index (κ1) is 18.4. The Bertz CT molecular complexity index is 1170. The van der Waals surface area contributed by atoms with Crippen LogP contribution in [0.2, 0.25) is 0 Å². The van der Waals surface area contributed by atoms with Gasteiger partial charge in [0.2, 0.25) is 11.8 Å². The number of aromatic nitrogens is 1. The Morgan fingerprint density at radius 2 is 1.87 bits per heavy atom. The fourth-order valence-corrected chi connectivity index (χ4v) is 4.32. The number of nitrogens with one attached hydrogen (secondary N) is 3. The van der Waals surface area contributed by atoms with Crippen molar-refractivity contribution in [2.24, 2.45) is 0 Å².